The lowest BCUT2D eigenvalue weighted by molar-refractivity contribution is -0.308. The van der Waals surface area contributed by atoms with Crippen LogP contribution >= 0.6 is 0 Å². The number of aliphatic hydroxyl groups excluding tert-OH is 1. The van der Waals surface area contributed by atoms with Crippen molar-refractivity contribution in [1.29, 1.82) is 0 Å². The van der Waals surface area contributed by atoms with Gasteiger partial charge in [0, 0.05) is 14.2 Å². The van der Waals surface area contributed by atoms with E-state index >= 15 is 0 Å². The topological polar surface area (TPSA) is 66.4 Å². The molecule has 2 aromatic carbocycles. The molecule has 6 heteroatoms. The first kappa shape index (κ1) is 20.9. The Hall–Kier alpha value is -1.80. The minimum absolute atomic E-state index is 0.297. The summed E-state index contributed by atoms with van der Waals surface area (Å²) in [6.45, 7) is 1.12. The fourth-order valence-corrected chi connectivity index (χ4v) is 3.33. The minimum Gasteiger partial charge on any atom is -0.385 e. The van der Waals surface area contributed by atoms with E-state index in [0.29, 0.717) is 19.8 Å². The van der Waals surface area contributed by atoms with Crippen molar-refractivity contribution in [3.8, 4) is 0 Å². The lowest BCUT2D eigenvalue weighted by atomic mass is 9.98. The second kappa shape index (κ2) is 10.7. The molecule has 0 saturated carbocycles. The molecule has 0 aromatic heterocycles. The Bertz CT molecular complexity index is 680. The minimum atomic E-state index is -0.968. The maximum absolute atomic E-state index is 10.6. The molecule has 1 saturated heterocycles. The Labute approximate surface area is 165 Å². The van der Waals surface area contributed by atoms with Gasteiger partial charge in [0.15, 0.2) is 6.29 Å². The Morgan fingerprint density at radius 2 is 1.43 bits per heavy atom. The second-order valence-corrected chi connectivity index (χ2v) is 6.73. The summed E-state index contributed by atoms with van der Waals surface area (Å²) in [6, 6.07) is 19.7. The van der Waals surface area contributed by atoms with Crippen LogP contribution in [0.1, 0.15) is 11.1 Å². The predicted molar refractivity (Wildman–Crippen MR) is 104 cm³/mol. The van der Waals surface area contributed by atoms with Gasteiger partial charge in [0.1, 0.15) is 24.4 Å². The van der Waals surface area contributed by atoms with E-state index in [4.69, 9.17) is 23.7 Å². The normalized spacial score (nSPS) is 27.6. The zero-order chi connectivity index (χ0) is 19.8. The molecule has 1 aliphatic rings. The van der Waals surface area contributed by atoms with Crippen LogP contribution in [0.4, 0.5) is 0 Å². The standard InChI is InChI=1S/C22H28O6/c1-24-20-18(15-26-13-16-9-5-3-6-10-16)28-22(25-2)19(23)21(20)27-14-17-11-7-4-8-12-17/h3-12,18-23H,13-15H2,1-2H3/t18-,19+,20-,21-,22-/m1/s1. The summed E-state index contributed by atoms with van der Waals surface area (Å²) in [4.78, 5) is 0. The van der Waals surface area contributed by atoms with Crippen LogP contribution in [0.3, 0.4) is 0 Å². The number of rotatable bonds is 9. The Balaban J connectivity index is 1.63. The fourth-order valence-electron chi connectivity index (χ4n) is 3.33. The summed E-state index contributed by atoms with van der Waals surface area (Å²) in [5.74, 6) is 0. The number of aliphatic hydroxyl groups is 1. The number of ether oxygens (including phenoxy) is 5. The summed E-state index contributed by atoms with van der Waals surface area (Å²) in [6.07, 6.45) is -3.29. The van der Waals surface area contributed by atoms with E-state index in [0.717, 1.165) is 11.1 Å². The summed E-state index contributed by atoms with van der Waals surface area (Å²) in [5.41, 5.74) is 2.09. The van der Waals surface area contributed by atoms with Crippen molar-refractivity contribution in [2.45, 2.75) is 43.9 Å². The molecule has 0 radical (unpaired) electrons. The quantitative estimate of drug-likeness (QED) is 0.712. The molecule has 1 heterocycles. The van der Waals surface area contributed by atoms with Gasteiger partial charge in [-0.15, -0.1) is 0 Å². The number of hydrogen-bond acceptors (Lipinski definition) is 6. The summed E-state index contributed by atoms with van der Waals surface area (Å²) in [5, 5.41) is 10.6. The van der Waals surface area contributed by atoms with Crippen molar-refractivity contribution in [2.75, 3.05) is 20.8 Å². The number of benzene rings is 2. The van der Waals surface area contributed by atoms with E-state index in [-0.39, 0.29) is 0 Å². The van der Waals surface area contributed by atoms with E-state index in [9.17, 15) is 5.11 Å². The highest BCUT2D eigenvalue weighted by Gasteiger charge is 2.46. The maximum atomic E-state index is 10.6. The first-order valence-corrected chi connectivity index (χ1v) is 9.39. The first-order chi connectivity index (χ1) is 13.7. The van der Waals surface area contributed by atoms with Crippen molar-refractivity contribution in [3.63, 3.8) is 0 Å². The third kappa shape index (κ3) is 5.38. The third-order valence-electron chi connectivity index (χ3n) is 4.80. The Morgan fingerprint density at radius 3 is 2.00 bits per heavy atom. The molecular formula is C22H28O6. The molecule has 28 heavy (non-hydrogen) atoms. The molecule has 0 amide bonds. The molecule has 1 aliphatic heterocycles. The van der Waals surface area contributed by atoms with Crippen LogP contribution in [0.2, 0.25) is 0 Å². The average molecular weight is 388 g/mol. The van der Waals surface area contributed by atoms with Gasteiger partial charge in [0.2, 0.25) is 0 Å². The molecule has 0 bridgehead atoms. The molecule has 0 aliphatic carbocycles. The van der Waals surface area contributed by atoms with Crippen molar-refractivity contribution in [2.24, 2.45) is 0 Å². The summed E-state index contributed by atoms with van der Waals surface area (Å²) >= 11 is 0. The van der Waals surface area contributed by atoms with Gasteiger partial charge in [-0.3, -0.25) is 0 Å². The van der Waals surface area contributed by atoms with Gasteiger partial charge in [0.05, 0.1) is 19.8 Å². The Morgan fingerprint density at radius 1 is 0.821 bits per heavy atom. The lowest BCUT2D eigenvalue weighted by Gasteiger charge is -2.43. The SMILES string of the molecule is CO[C@@H]1O[C@H](COCc2ccccc2)[C@@H](OC)[C@H](OCc2ccccc2)[C@@H]1O. The smallest absolute Gasteiger partial charge is 0.186 e. The highest BCUT2D eigenvalue weighted by atomic mass is 16.7. The molecule has 6 nitrogen and oxygen atoms in total. The van der Waals surface area contributed by atoms with Crippen LogP contribution in [-0.2, 0) is 36.9 Å². The number of methoxy groups -OCH3 is 2. The maximum Gasteiger partial charge on any atom is 0.186 e. The lowest BCUT2D eigenvalue weighted by Crippen LogP contribution is -2.60. The third-order valence-corrected chi connectivity index (χ3v) is 4.80. The molecule has 152 valence electrons. The van der Waals surface area contributed by atoms with Gasteiger partial charge in [-0.1, -0.05) is 60.7 Å². The highest BCUT2D eigenvalue weighted by Crippen LogP contribution is 2.27. The average Bonchev–Trinajstić information content (AvgIpc) is 2.75. The molecule has 3 rings (SSSR count). The van der Waals surface area contributed by atoms with Gasteiger partial charge >= 0.3 is 0 Å². The van der Waals surface area contributed by atoms with Gasteiger partial charge < -0.3 is 28.8 Å². The van der Waals surface area contributed by atoms with Crippen LogP contribution in [-0.4, -0.2) is 56.6 Å². The molecule has 0 unspecified atom stereocenters. The molecule has 2 aromatic rings. The van der Waals surface area contributed by atoms with E-state index in [1.54, 1.807) is 7.11 Å². The molecule has 1 N–H and O–H groups in total. The Kier molecular flexibility index (Phi) is 7.97. The monoisotopic (exact) mass is 388 g/mol. The van der Waals surface area contributed by atoms with Crippen molar-refractivity contribution >= 4 is 0 Å². The van der Waals surface area contributed by atoms with Crippen LogP contribution < -0.4 is 0 Å². The van der Waals surface area contributed by atoms with Gasteiger partial charge in [0.25, 0.3) is 0 Å². The highest BCUT2D eigenvalue weighted by molar-refractivity contribution is 5.14. The largest absolute Gasteiger partial charge is 0.385 e. The van der Waals surface area contributed by atoms with E-state index in [2.05, 4.69) is 0 Å². The zero-order valence-electron chi connectivity index (χ0n) is 16.3. The van der Waals surface area contributed by atoms with Crippen molar-refractivity contribution in [1.82, 2.24) is 0 Å². The van der Waals surface area contributed by atoms with Gasteiger partial charge in [-0.25, -0.2) is 0 Å². The van der Waals surface area contributed by atoms with Gasteiger partial charge in [-0.05, 0) is 11.1 Å². The van der Waals surface area contributed by atoms with Crippen molar-refractivity contribution in [3.05, 3.63) is 71.8 Å². The predicted octanol–water partition coefficient (Wildman–Crippen LogP) is 2.54. The van der Waals surface area contributed by atoms with Crippen LogP contribution in [0.15, 0.2) is 60.7 Å². The van der Waals surface area contributed by atoms with E-state index in [1.165, 1.54) is 7.11 Å². The molecule has 1 fully saturated rings. The van der Waals surface area contributed by atoms with Crippen LogP contribution in [0, 0.1) is 0 Å². The fraction of sp³-hybridized carbons (Fsp3) is 0.455. The summed E-state index contributed by atoms with van der Waals surface area (Å²) in [7, 11) is 3.08. The number of hydrogen-bond donors (Lipinski definition) is 1. The van der Waals surface area contributed by atoms with E-state index in [1.807, 2.05) is 60.7 Å². The second-order valence-electron chi connectivity index (χ2n) is 6.73. The summed E-state index contributed by atoms with van der Waals surface area (Å²) < 4.78 is 28.7. The van der Waals surface area contributed by atoms with Crippen LogP contribution in [0.25, 0.3) is 0 Å². The van der Waals surface area contributed by atoms with E-state index < -0.39 is 30.7 Å². The molecule has 5 atom stereocenters. The van der Waals surface area contributed by atoms with Gasteiger partial charge in [-0.2, -0.15) is 0 Å². The van der Waals surface area contributed by atoms with Crippen molar-refractivity contribution < 1.29 is 28.8 Å². The van der Waals surface area contributed by atoms with Crippen LogP contribution in [0.5, 0.6) is 0 Å². The zero-order valence-corrected chi connectivity index (χ0v) is 16.3. The molecular weight excluding hydrogens is 360 g/mol. The first-order valence-electron chi connectivity index (χ1n) is 9.39. The molecule has 0 spiro atoms.